The fourth-order valence-electron chi connectivity index (χ4n) is 3.23. The Morgan fingerprint density at radius 2 is 1.88 bits per heavy atom. The summed E-state index contributed by atoms with van der Waals surface area (Å²) in [7, 11) is 6.14. The number of nitrogens with one attached hydrogen (secondary N) is 1. The van der Waals surface area contributed by atoms with Crippen molar-refractivity contribution >= 4 is 11.6 Å². The van der Waals surface area contributed by atoms with Gasteiger partial charge in [0.15, 0.2) is 5.96 Å². The molecule has 0 bridgehead atoms. The number of aliphatic imine (C=N–C) groups is 1. The number of rotatable bonds is 8. The van der Waals surface area contributed by atoms with Gasteiger partial charge in [0.05, 0.1) is 0 Å². The summed E-state index contributed by atoms with van der Waals surface area (Å²) in [6.45, 7) is 4.87. The van der Waals surface area contributed by atoms with Gasteiger partial charge in [0.1, 0.15) is 0 Å². The molecule has 1 aromatic rings. The molecule has 1 aliphatic heterocycles. The smallest absolute Gasteiger partial charge is 0.193 e. The molecular weight excluding hydrogens is 312 g/mol. The summed E-state index contributed by atoms with van der Waals surface area (Å²) in [6.07, 6.45) is 4.70. The van der Waals surface area contributed by atoms with E-state index in [2.05, 4.69) is 64.5 Å². The van der Waals surface area contributed by atoms with Gasteiger partial charge >= 0.3 is 0 Å². The molecule has 0 unspecified atom stereocenters. The molecule has 1 aromatic carbocycles. The molecule has 2 rings (SSSR count). The van der Waals surface area contributed by atoms with E-state index in [1.165, 1.54) is 24.9 Å². The fourth-order valence-corrected chi connectivity index (χ4v) is 3.23. The Morgan fingerprint density at radius 1 is 1.16 bits per heavy atom. The van der Waals surface area contributed by atoms with E-state index in [4.69, 9.17) is 4.74 Å². The largest absolute Gasteiger partial charge is 0.381 e. The van der Waals surface area contributed by atoms with E-state index in [0.29, 0.717) is 0 Å². The van der Waals surface area contributed by atoms with E-state index >= 15 is 0 Å². The van der Waals surface area contributed by atoms with Crippen LogP contribution in [-0.2, 0) is 4.74 Å². The average molecular weight is 347 g/mol. The molecular formula is C20H34N4O. The summed E-state index contributed by atoms with van der Waals surface area (Å²) in [5, 5.41) is 3.49. The van der Waals surface area contributed by atoms with Gasteiger partial charge in [-0.25, -0.2) is 0 Å². The Labute approximate surface area is 153 Å². The highest BCUT2D eigenvalue weighted by Crippen LogP contribution is 2.18. The van der Waals surface area contributed by atoms with Crippen LogP contribution in [0.5, 0.6) is 0 Å². The van der Waals surface area contributed by atoms with Gasteiger partial charge in [-0.05, 0) is 43.7 Å². The predicted octanol–water partition coefficient (Wildman–Crippen LogP) is 2.84. The molecule has 0 saturated carbocycles. The number of guanidine groups is 1. The summed E-state index contributed by atoms with van der Waals surface area (Å²) in [5.41, 5.74) is 1.26. The van der Waals surface area contributed by atoms with Crippen molar-refractivity contribution in [2.24, 2.45) is 10.9 Å². The zero-order valence-electron chi connectivity index (χ0n) is 16.1. The minimum atomic E-state index is 0.800. The van der Waals surface area contributed by atoms with Gasteiger partial charge in [0, 0.05) is 59.7 Å². The van der Waals surface area contributed by atoms with Crippen molar-refractivity contribution in [1.82, 2.24) is 10.2 Å². The Morgan fingerprint density at radius 3 is 2.56 bits per heavy atom. The van der Waals surface area contributed by atoms with Crippen LogP contribution in [0.4, 0.5) is 5.69 Å². The molecule has 140 valence electrons. The summed E-state index contributed by atoms with van der Waals surface area (Å²) in [6, 6.07) is 10.5. The van der Waals surface area contributed by atoms with Gasteiger partial charge in [-0.15, -0.1) is 0 Å². The van der Waals surface area contributed by atoms with Crippen LogP contribution in [0, 0.1) is 5.92 Å². The van der Waals surface area contributed by atoms with Crippen molar-refractivity contribution < 1.29 is 4.74 Å². The van der Waals surface area contributed by atoms with Gasteiger partial charge in [-0.1, -0.05) is 18.2 Å². The lowest BCUT2D eigenvalue weighted by atomic mass is 9.96. The van der Waals surface area contributed by atoms with Crippen LogP contribution in [0.15, 0.2) is 35.3 Å². The molecule has 0 amide bonds. The number of benzene rings is 1. The number of hydrogen-bond acceptors (Lipinski definition) is 3. The summed E-state index contributed by atoms with van der Waals surface area (Å²) in [5.74, 6) is 1.79. The number of para-hydroxylation sites is 1. The van der Waals surface area contributed by atoms with Crippen molar-refractivity contribution in [3.05, 3.63) is 30.3 Å². The van der Waals surface area contributed by atoms with Crippen molar-refractivity contribution in [3.8, 4) is 0 Å². The van der Waals surface area contributed by atoms with Crippen LogP contribution in [0.2, 0.25) is 0 Å². The second-order valence-corrected chi connectivity index (χ2v) is 6.85. The van der Waals surface area contributed by atoms with Crippen LogP contribution in [0.1, 0.15) is 25.7 Å². The average Bonchev–Trinajstić information content (AvgIpc) is 2.67. The van der Waals surface area contributed by atoms with E-state index < -0.39 is 0 Å². The zero-order valence-corrected chi connectivity index (χ0v) is 16.1. The molecule has 5 nitrogen and oxygen atoms in total. The van der Waals surface area contributed by atoms with Crippen LogP contribution in [0.3, 0.4) is 0 Å². The van der Waals surface area contributed by atoms with Crippen molar-refractivity contribution in [3.63, 3.8) is 0 Å². The van der Waals surface area contributed by atoms with Gasteiger partial charge in [0.2, 0.25) is 0 Å². The first kappa shape index (κ1) is 19.6. The number of hydrogen-bond donors (Lipinski definition) is 1. The second-order valence-electron chi connectivity index (χ2n) is 6.85. The maximum atomic E-state index is 5.44. The second kappa shape index (κ2) is 11.0. The van der Waals surface area contributed by atoms with Gasteiger partial charge in [-0.3, -0.25) is 4.99 Å². The van der Waals surface area contributed by atoms with Crippen LogP contribution in [-0.4, -0.2) is 64.9 Å². The molecule has 1 heterocycles. The van der Waals surface area contributed by atoms with Crippen molar-refractivity contribution in [2.75, 3.05) is 58.9 Å². The molecule has 0 radical (unpaired) electrons. The molecule has 5 heteroatoms. The maximum absolute atomic E-state index is 5.44. The molecule has 1 fully saturated rings. The molecule has 1 aliphatic rings. The van der Waals surface area contributed by atoms with Gasteiger partial charge in [-0.2, -0.15) is 0 Å². The Bertz CT molecular complexity index is 500. The maximum Gasteiger partial charge on any atom is 0.193 e. The molecule has 0 spiro atoms. The lowest BCUT2D eigenvalue weighted by Gasteiger charge is -2.27. The Kier molecular flexibility index (Phi) is 8.60. The molecule has 0 aliphatic carbocycles. The summed E-state index contributed by atoms with van der Waals surface area (Å²) in [4.78, 5) is 8.96. The third-order valence-electron chi connectivity index (χ3n) is 4.94. The van der Waals surface area contributed by atoms with E-state index in [9.17, 15) is 0 Å². The van der Waals surface area contributed by atoms with Gasteiger partial charge < -0.3 is 19.9 Å². The first-order chi connectivity index (χ1) is 12.2. The standard InChI is InChI=1S/C20H34N4O/c1-21-20(24(3)15-10-18-11-16-25-17-12-18)22-13-7-14-23(2)19-8-5-4-6-9-19/h4-6,8-9,18H,7,10-17H2,1-3H3,(H,21,22). The number of ether oxygens (including phenoxy) is 1. The predicted molar refractivity (Wildman–Crippen MR) is 106 cm³/mol. The van der Waals surface area contributed by atoms with Crippen LogP contribution < -0.4 is 10.2 Å². The Balaban J connectivity index is 1.63. The number of anilines is 1. The van der Waals surface area contributed by atoms with E-state index in [0.717, 1.165) is 51.1 Å². The van der Waals surface area contributed by atoms with Crippen molar-refractivity contribution in [1.29, 1.82) is 0 Å². The first-order valence-electron chi connectivity index (χ1n) is 9.46. The SMILES string of the molecule is CN=C(NCCCN(C)c1ccccc1)N(C)CCC1CCOCC1. The van der Waals surface area contributed by atoms with Crippen LogP contribution in [0.25, 0.3) is 0 Å². The van der Waals surface area contributed by atoms with Gasteiger partial charge in [0.25, 0.3) is 0 Å². The minimum absolute atomic E-state index is 0.800. The van der Waals surface area contributed by atoms with E-state index in [1.54, 1.807) is 0 Å². The lowest BCUT2D eigenvalue weighted by molar-refractivity contribution is 0.0625. The molecule has 0 aromatic heterocycles. The Hall–Kier alpha value is -1.75. The zero-order chi connectivity index (χ0) is 17.9. The fraction of sp³-hybridized carbons (Fsp3) is 0.650. The summed E-state index contributed by atoms with van der Waals surface area (Å²) < 4.78 is 5.44. The molecule has 0 atom stereocenters. The monoisotopic (exact) mass is 346 g/mol. The van der Waals surface area contributed by atoms with E-state index in [-0.39, 0.29) is 0 Å². The molecule has 25 heavy (non-hydrogen) atoms. The number of nitrogens with zero attached hydrogens (tertiary/aromatic N) is 3. The highest BCUT2D eigenvalue weighted by molar-refractivity contribution is 5.79. The molecule has 1 N–H and O–H groups in total. The quantitative estimate of drug-likeness (QED) is 0.446. The van der Waals surface area contributed by atoms with E-state index in [1.807, 2.05) is 7.05 Å². The van der Waals surface area contributed by atoms with Crippen LogP contribution >= 0.6 is 0 Å². The first-order valence-corrected chi connectivity index (χ1v) is 9.46. The highest BCUT2D eigenvalue weighted by Gasteiger charge is 2.15. The third-order valence-corrected chi connectivity index (χ3v) is 4.94. The minimum Gasteiger partial charge on any atom is -0.381 e. The molecule has 1 saturated heterocycles. The third kappa shape index (κ3) is 6.94. The normalized spacial score (nSPS) is 15.9. The lowest BCUT2D eigenvalue weighted by Crippen LogP contribution is -2.41. The highest BCUT2D eigenvalue weighted by atomic mass is 16.5. The summed E-state index contributed by atoms with van der Waals surface area (Å²) >= 11 is 0. The van der Waals surface area contributed by atoms with Crippen molar-refractivity contribution in [2.45, 2.75) is 25.7 Å². The topological polar surface area (TPSA) is 40.1 Å².